The van der Waals surface area contributed by atoms with Crippen molar-refractivity contribution in [2.75, 3.05) is 18.6 Å². The van der Waals surface area contributed by atoms with Gasteiger partial charge in [0.2, 0.25) is 0 Å². The number of aliphatic hydroxyl groups excluding tert-OH is 1. The third-order valence-electron chi connectivity index (χ3n) is 2.86. The summed E-state index contributed by atoms with van der Waals surface area (Å²) in [6, 6.07) is 0. The maximum atomic E-state index is 8.87. The van der Waals surface area contributed by atoms with Crippen LogP contribution in [-0.4, -0.2) is 23.7 Å². The minimum absolute atomic E-state index is 0.415. The van der Waals surface area contributed by atoms with Crippen molar-refractivity contribution in [3.8, 4) is 0 Å². The van der Waals surface area contributed by atoms with Gasteiger partial charge in [-0.05, 0) is 24.5 Å². The lowest BCUT2D eigenvalue weighted by Gasteiger charge is -2.13. The van der Waals surface area contributed by atoms with E-state index in [2.05, 4.69) is 32.9 Å². The third kappa shape index (κ3) is 9.05. The Kier molecular flexibility index (Phi) is 16.8. The molecule has 1 aliphatic rings. The molecule has 0 amide bonds. The highest BCUT2D eigenvalue weighted by molar-refractivity contribution is 7.98. The van der Waals surface area contributed by atoms with E-state index in [0.29, 0.717) is 12.5 Å². The first-order valence-electron chi connectivity index (χ1n) is 6.00. The Morgan fingerprint density at radius 2 is 1.88 bits per heavy atom. The lowest BCUT2D eigenvalue weighted by atomic mass is 9.95. The SMILES string of the molecule is C=C.C=CCSC.CCC1CCCC1CO. The van der Waals surface area contributed by atoms with Crippen LogP contribution in [0.3, 0.4) is 0 Å². The standard InChI is InChI=1S/C8H16O.C4H8S.C2H4/c1-2-7-4-3-5-8(7)6-9;1-3-4-5-2;1-2/h7-9H,2-6H2,1H3;3H,1,4H2,2H3;1-2H2. The summed E-state index contributed by atoms with van der Waals surface area (Å²) in [7, 11) is 0. The molecule has 0 spiro atoms. The van der Waals surface area contributed by atoms with E-state index in [9.17, 15) is 0 Å². The minimum Gasteiger partial charge on any atom is -0.396 e. The van der Waals surface area contributed by atoms with E-state index in [1.54, 1.807) is 11.8 Å². The highest BCUT2D eigenvalue weighted by Gasteiger charge is 2.24. The summed E-state index contributed by atoms with van der Waals surface area (Å²) in [4.78, 5) is 0. The van der Waals surface area contributed by atoms with E-state index in [0.717, 1.165) is 11.7 Å². The van der Waals surface area contributed by atoms with Gasteiger partial charge in [0.05, 0.1) is 0 Å². The number of hydrogen-bond donors (Lipinski definition) is 1. The first kappa shape index (κ1) is 18.2. The molecule has 0 heterocycles. The fourth-order valence-corrected chi connectivity index (χ4v) is 2.25. The van der Waals surface area contributed by atoms with Crippen LogP contribution >= 0.6 is 11.8 Å². The van der Waals surface area contributed by atoms with Crippen molar-refractivity contribution in [2.24, 2.45) is 11.8 Å². The van der Waals surface area contributed by atoms with Gasteiger partial charge in [0.25, 0.3) is 0 Å². The smallest absolute Gasteiger partial charge is 0.0461 e. The fraction of sp³-hybridized carbons (Fsp3) is 0.714. The van der Waals surface area contributed by atoms with Crippen molar-refractivity contribution >= 4 is 11.8 Å². The zero-order valence-electron chi connectivity index (χ0n) is 11.0. The molecular formula is C14H28OS. The molecule has 1 N–H and O–H groups in total. The highest BCUT2D eigenvalue weighted by Crippen LogP contribution is 2.33. The van der Waals surface area contributed by atoms with Gasteiger partial charge in [-0.15, -0.1) is 19.7 Å². The van der Waals surface area contributed by atoms with Gasteiger partial charge >= 0.3 is 0 Å². The Labute approximate surface area is 106 Å². The second-order valence-electron chi connectivity index (χ2n) is 3.79. The van der Waals surface area contributed by atoms with Crippen LogP contribution in [0.25, 0.3) is 0 Å². The number of hydrogen-bond acceptors (Lipinski definition) is 2. The summed E-state index contributed by atoms with van der Waals surface area (Å²) in [6.45, 7) is 12.2. The van der Waals surface area contributed by atoms with Crippen molar-refractivity contribution in [3.05, 3.63) is 25.8 Å². The maximum absolute atomic E-state index is 8.87. The number of rotatable bonds is 4. The quantitative estimate of drug-likeness (QED) is 0.750. The molecule has 0 bridgehead atoms. The molecule has 1 rings (SSSR count). The Morgan fingerprint density at radius 3 is 2.12 bits per heavy atom. The normalized spacial score (nSPS) is 22.4. The van der Waals surface area contributed by atoms with Crippen LogP contribution in [-0.2, 0) is 0 Å². The van der Waals surface area contributed by atoms with E-state index in [4.69, 9.17) is 5.11 Å². The molecule has 2 heteroatoms. The maximum Gasteiger partial charge on any atom is 0.0461 e. The molecule has 1 nitrogen and oxygen atoms in total. The fourth-order valence-electron chi connectivity index (χ4n) is 2.01. The summed E-state index contributed by atoms with van der Waals surface area (Å²) in [6.07, 6.45) is 9.15. The second-order valence-corrected chi connectivity index (χ2v) is 4.70. The third-order valence-corrected chi connectivity index (χ3v) is 3.43. The first-order valence-corrected chi connectivity index (χ1v) is 7.40. The predicted octanol–water partition coefficient (Wildman–Crippen LogP) is 4.14. The molecule has 0 aromatic heterocycles. The molecule has 1 aliphatic carbocycles. The molecule has 0 aromatic carbocycles. The van der Waals surface area contributed by atoms with Gasteiger partial charge in [-0.3, -0.25) is 0 Å². The molecular weight excluding hydrogens is 216 g/mol. The Hall–Kier alpha value is -0.210. The van der Waals surface area contributed by atoms with E-state index in [1.165, 1.54) is 25.7 Å². The zero-order valence-corrected chi connectivity index (χ0v) is 11.8. The lowest BCUT2D eigenvalue weighted by Crippen LogP contribution is -2.10. The molecule has 0 aromatic rings. The molecule has 1 saturated carbocycles. The Morgan fingerprint density at radius 1 is 1.31 bits per heavy atom. The van der Waals surface area contributed by atoms with Gasteiger partial charge in [0.1, 0.15) is 0 Å². The van der Waals surface area contributed by atoms with Crippen LogP contribution in [0, 0.1) is 11.8 Å². The van der Waals surface area contributed by atoms with Crippen LogP contribution < -0.4 is 0 Å². The monoisotopic (exact) mass is 244 g/mol. The van der Waals surface area contributed by atoms with E-state index >= 15 is 0 Å². The summed E-state index contributed by atoms with van der Waals surface area (Å²) >= 11 is 1.78. The Bertz CT molecular complexity index is 138. The minimum atomic E-state index is 0.415. The van der Waals surface area contributed by atoms with Crippen molar-refractivity contribution < 1.29 is 5.11 Å². The molecule has 2 unspecified atom stereocenters. The van der Waals surface area contributed by atoms with E-state index in [-0.39, 0.29) is 0 Å². The van der Waals surface area contributed by atoms with Crippen LogP contribution in [0.2, 0.25) is 0 Å². The zero-order chi connectivity index (χ0) is 12.8. The predicted molar refractivity (Wildman–Crippen MR) is 78.0 cm³/mol. The average Bonchev–Trinajstić information content (AvgIpc) is 2.80. The first-order chi connectivity index (χ1) is 7.79. The van der Waals surface area contributed by atoms with Crippen molar-refractivity contribution in [2.45, 2.75) is 32.6 Å². The van der Waals surface area contributed by atoms with Gasteiger partial charge in [-0.25, -0.2) is 0 Å². The average molecular weight is 244 g/mol. The topological polar surface area (TPSA) is 20.2 Å². The summed E-state index contributed by atoms with van der Waals surface area (Å²) in [5, 5.41) is 8.87. The molecule has 0 aliphatic heterocycles. The van der Waals surface area contributed by atoms with Gasteiger partial charge < -0.3 is 5.11 Å². The second kappa shape index (κ2) is 14.8. The van der Waals surface area contributed by atoms with Crippen LogP contribution in [0.1, 0.15) is 32.6 Å². The molecule has 1 fully saturated rings. The molecule has 16 heavy (non-hydrogen) atoms. The van der Waals surface area contributed by atoms with Gasteiger partial charge in [0, 0.05) is 12.4 Å². The molecule has 0 saturated heterocycles. The number of thioether (sulfide) groups is 1. The summed E-state index contributed by atoms with van der Waals surface area (Å²) < 4.78 is 0. The Balaban J connectivity index is 0. The van der Waals surface area contributed by atoms with Gasteiger partial charge in [-0.2, -0.15) is 11.8 Å². The lowest BCUT2D eigenvalue weighted by molar-refractivity contribution is 0.192. The van der Waals surface area contributed by atoms with E-state index < -0.39 is 0 Å². The van der Waals surface area contributed by atoms with Crippen LogP contribution in [0.5, 0.6) is 0 Å². The molecule has 0 radical (unpaired) electrons. The van der Waals surface area contributed by atoms with Crippen molar-refractivity contribution in [3.63, 3.8) is 0 Å². The summed E-state index contributed by atoms with van der Waals surface area (Å²) in [5.74, 6) is 2.53. The number of aliphatic hydroxyl groups is 1. The highest BCUT2D eigenvalue weighted by atomic mass is 32.2. The van der Waals surface area contributed by atoms with Crippen LogP contribution in [0.15, 0.2) is 25.8 Å². The molecule has 96 valence electrons. The summed E-state index contributed by atoms with van der Waals surface area (Å²) in [5.41, 5.74) is 0. The van der Waals surface area contributed by atoms with Gasteiger partial charge in [0.15, 0.2) is 0 Å². The van der Waals surface area contributed by atoms with Crippen molar-refractivity contribution in [1.29, 1.82) is 0 Å². The largest absolute Gasteiger partial charge is 0.396 e. The van der Waals surface area contributed by atoms with E-state index in [1.807, 2.05) is 6.08 Å². The van der Waals surface area contributed by atoms with Crippen LogP contribution in [0.4, 0.5) is 0 Å². The molecule has 2 atom stereocenters. The van der Waals surface area contributed by atoms with Gasteiger partial charge in [-0.1, -0.05) is 32.3 Å². The van der Waals surface area contributed by atoms with Crippen molar-refractivity contribution in [1.82, 2.24) is 0 Å².